The highest BCUT2D eigenvalue weighted by molar-refractivity contribution is 8.26. The minimum atomic E-state index is -0.627. The molecule has 1 amide bonds. The molecular formula is C19H14FNO4S2. The molecule has 0 aliphatic carbocycles. The molecule has 0 aromatic heterocycles. The van der Waals surface area contributed by atoms with Gasteiger partial charge < -0.3 is 14.8 Å². The summed E-state index contributed by atoms with van der Waals surface area (Å²) in [5.41, 5.74) is 0.917. The van der Waals surface area contributed by atoms with E-state index in [-0.39, 0.29) is 17.2 Å². The summed E-state index contributed by atoms with van der Waals surface area (Å²) in [5.74, 6) is -0.735. The summed E-state index contributed by atoms with van der Waals surface area (Å²) in [5, 5.41) is 2.55. The number of thioether (sulfide) groups is 1. The molecule has 1 aliphatic heterocycles. The van der Waals surface area contributed by atoms with E-state index in [2.05, 4.69) is 5.32 Å². The number of thiocarbonyl (C=S) groups is 1. The van der Waals surface area contributed by atoms with Crippen molar-refractivity contribution in [3.05, 3.63) is 64.3 Å². The molecule has 1 fully saturated rings. The molecule has 1 N–H and O–H groups in total. The van der Waals surface area contributed by atoms with Crippen LogP contribution in [0, 0.1) is 5.82 Å². The Bertz CT molecular complexity index is 941. The highest BCUT2D eigenvalue weighted by atomic mass is 32.2. The molecule has 0 atom stereocenters. The van der Waals surface area contributed by atoms with Crippen LogP contribution in [0.5, 0.6) is 11.5 Å². The van der Waals surface area contributed by atoms with Gasteiger partial charge in [-0.2, -0.15) is 0 Å². The standard InChI is InChI=1S/C19H14FNO4S2/c1-2-24-15-9-11(10-16-17(22)21-19(26)27-16)3-8-14(15)25-18(23)12-4-6-13(20)7-5-12/h3-10H,2H2,1H3,(H,21,22,26)/b16-10-. The maximum Gasteiger partial charge on any atom is 0.343 e. The fraction of sp³-hybridized carbons (Fsp3) is 0.105. The fourth-order valence-corrected chi connectivity index (χ4v) is 3.33. The van der Waals surface area contributed by atoms with Crippen LogP contribution in [0.15, 0.2) is 47.4 Å². The Balaban J connectivity index is 1.84. The number of nitrogens with one attached hydrogen (secondary N) is 1. The zero-order valence-electron chi connectivity index (χ0n) is 14.2. The molecule has 0 unspecified atom stereocenters. The van der Waals surface area contributed by atoms with Crippen LogP contribution >= 0.6 is 24.0 Å². The quantitative estimate of drug-likeness (QED) is 0.353. The number of carbonyl (C=O) groups excluding carboxylic acids is 2. The van der Waals surface area contributed by atoms with E-state index in [1.807, 2.05) is 0 Å². The number of ether oxygens (including phenoxy) is 2. The van der Waals surface area contributed by atoms with Crippen LogP contribution in [-0.2, 0) is 4.79 Å². The molecule has 2 aromatic rings. The van der Waals surface area contributed by atoms with Crippen molar-refractivity contribution in [1.29, 1.82) is 0 Å². The summed E-state index contributed by atoms with van der Waals surface area (Å²) in [4.78, 5) is 24.5. The minimum Gasteiger partial charge on any atom is -0.490 e. The van der Waals surface area contributed by atoms with Gasteiger partial charge in [-0.25, -0.2) is 9.18 Å². The number of hydrogen-bond acceptors (Lipinski definition) is 6. The van der Waals surface area contributed by atoms with Crippen molar-refractivity contribution < 1.29 is 23.5 Å². The average Bonchev–Trinajstić information content (AvgIpc) is 2.95. The van der Waals surface area contributed by atoms with Crippen LogP contribution in [0.3, 0.4) is 0 Å². The normalized spacial score (nSPS) is 15.0. The molecule has 0 saturated carbocycles. The Morgan fingerprint density at radius 1 is 1.22 bits per heavy atom. The van der Waals surface area contributed by atoms with E-state index in [4.69, 9.17) is 21.7 Å². The Labute approximate surface area is 164 Å². The summed E-state index contributed by atoms with van der Waals surface area (Å²) in [6, 6.07) is 9.99. The Kier molecular flexibility index (Phi) is 5.88. The highest BCUT2D eigenvalue weighted by Crippen LogP contribution is 2.32. The summed E-state index contributed by atoms with van der Waals surface area (Å²) in [6.45, 7) is 2.16. The maximum absolute atomic E-state index is 13.0. The second-order valence-electron chi connectivity index (χ2n) is 5.39. The third-order valence-corrected chi connectivity index (χ3v) is 4.65. The Morgan fingerprint density at radius 3 is 2.59 bits per heavy atom. The molecule has 0 spiro atoms. The van der Waals surface area contributed by atoms with E-state index in [1.165, 1.54) is 36.0 Å². The van der Waals surface area contributed by atoms with Crippen LogP contribution < -0.4 is 14.8 Å². The molecule has 3 rings (SSSR count). The summed E-state index contributed by atoms with van der Waals surface area (Å²) in [6.07, 6.45) is 1.67. The van der Waals surface area contributed by atoms with Gasteiger partial charge in [0, 0.05) is 0 Å². The first-order chi connectivity index (χ1) is 13.0. The predicted octanol–water partition coefficient (Wildman–Crippen LogP) is 3.93. The van der Waals surface area contributed by atoms with Crippen LogP contribution in [0.25, 0.3) is 6.08 Å². The van der Waals surface area contributed by atoms with Gasteiger partial charge in [0.15, 0.2) is 11.5 Å². The monoisotopic (exact) mass is 403 g/mol. The summed E-state index contributed by atoms with van der Waals surface area (Å²) >= 11 is 6.14. The van der Waals surface area contributed by atoms with E-state index < -0.39 is 11.8 Å². The minimum absolute atomic E-state index is 0.220. The van der Waals surface area contributed by atoms with Crippen molar-refractivity contribution in [2.45, 2.75) is 6.92 Å². The van der Waals surface area contributed by atoms with Crippen LogP contribution in [0.1, 0.15) is 22.8 Å². The second-order valence-corrected chi connectivity index (χ2v) is 7.11. The van der Waals surface area contributed by atoms with Gasteiger partial charge in [0.25, 0.3) is 5.91 Å². The number of amides is 1. The first-order valence-corrected chi connectivity index (χ1v) is 9.18. The fourth-order valence-electron chi connectivity index (χ4n) is 2.28. The number of carbonyl (C=O) groups is 2. The molecular weight excluding hydrogens is 389 g/mol. The molecule has 0 bridgehead atoms. The van der Waals surface area contributed by atoms with Crippen molar-refractivity contribution in [2.24, 2.45) is 0 Å². The van der Waals surface area contributed by atoms with Crippen molar-refractivity contribution in [3.8, 4) is 11.5 Å². The van der Waals surface area contributed by atoms with Crippen molar-refractivity contribution in [3.63, 3.8) is 0 Å². The van der Waals surface area contributed by atoms with Crippen LogP contribution in [0.2, 0.25) is 0 Å². The maximum atomic E-state index is 13.0. The zero-order valence-corrected chi connectivity index (χ0v) is 15.8. The topological polar surface area (TPSA) is 64.6 Å². The number of hydrogen-bond donors (Lipinski definition) is 1. The molecule has 1 aliphatic rings. The van der Waals surface area contributed by atoms with Gasteiger partial charge in [0.1, 0.15) is 10.1 Å². The number of esters is 1. The molecule has 0 radical (unpaired) electrons. The molecule has 138 valence electrons. The third-order valence-electron chi connectivity index (χ3n) is 3.49. The first kappa shape index (κ1) is 19.1. The second kappa shape index (κ2) is 8.32. The van der Waals surface area contributed by atoms with E-state index in [9.17, 15) is 14.0 Å². The predicted molar refractivity (Wildman–Crippen MR) is 105 cm³/mol. The first-order valence-electron chi connectivity index (χ1n) is 7.95. The van der Waals surface area contributed by atoms with Gasteiger partial charge >= 0.3 is 5.97 Å². The summed E-state index contributed by atoms with van der Waals surface area (Å²) in [7, 11) is 0. The Hall–Kier alpha value is -2.71. The SMILES string of the molecule is CCOc1cc(/C=C2\SC(=S)NC2=O)ccc1OC(=O)c1ccc(F)cc1. The van der Waals surface area contributed by atoms with Crippen molar-refractivity contribution >= 4 is 46.3 Å². The van der Waals surface area contributed by atoms with Gasteiger partial charge in [0.2, 0.25) is 0 Å². The molecule has 27 heavy (non-hydrogen) atoms. The van der Waals surface area contributed by atoms with Gasteiger partial charge in [-0.05, 0) is 55.0 Å². The van der Waals surface area contributed by atoms with Crippen LogP contribution in [-0.4, -0.2) is 22.8 Å². The van der Waals surface area contributed by atoms with E-state index in [0.29, 0.717) is 27.1 Å². The van der Waals surface area contributed by atoms with Gasteiger partial charge in [-0.1, -0.05) is 30.0 Å². The molecule has 1 saturated heterocycles. The van der Waals surface area contributed by atoms with Crippen molar-refractivity contribution in [2.75, 3.05) is 6.61 Å². The van der Waals surface area contributed by atoms with Gasteiger partial charge in [-0.3, -0.25) is 4.79 Å². The lowest BCUT2D eigenvalue weighted by Gasteiger charge is -2.11. The molecule has 8 heteroatoms. The Morgan fingerprint density at radius 2 is 1.96 bits per heavy atom. The van der Waals surface area contributed by atoms with E-state index in [0.717, 1.165) is 0 Å². The zero-order chi connectivity index (χ0) is 19.4. The number of benzene rings is 2. The largest absolute Gasteiger partial charge is 0.490 e. The van der Waals surface area contributed by atoms with Crippen molar-refractivity contribution in [1.82, 2.24) is 5.32 Å². The molecule has 5 nitrogen and oxygen atoms in total. The lowest BCUT2D eigenvalue weighted by molar-refractivity contribution is -0.115. The molecule has 1 heterocycles. The lowest BCUT2D eigenvalue weighted by Crippen LogP contribution is -2.17. The summed E-state index contributed by atoms with van der Waals surface area (Å²) < 4.78 is 24.3. The van der Waals surface area contributed by atoms with Crippen LogP contribution in [0.4, 0.5) is 4.39 Å². The smallest absolute Gasteiger partial charge is 0.343 e. The highest BCUT2D eigenvalue weighted by Gasteiger charge is 2.22. The molecule has 2 aromatic carbocycles. The average molecular weight is 403 g/mol. The number of rotatable bonds is 5. The number of halogens is 1. The van der Waals surface area contributed by atoms with E-state index in [1.54, 1.807) is 31.2 Å². The third kappa shape index (κ3) is 4.72. The lowest BCUT2D eigenvalue weighted by atomic mass is 10.1. The van der Waals surface area contributed by atoms with E-state index >= 15 is 0 Å². The van der Waals surface area contributed by atoms with Gasteiger partial charge in [0.05, 0.1) is 17.1 Å². The van der Waals surface area contributed by atoms with Gasteiger partial charge in [-0.15, -0.1) is 0 Å².